The summed E-state index contributed by atoms with van der Waals surface area (Å²) in [6.45, 7) is 3.94. The van der Waals surface area contributed by atoms with Crippen LogP contribution in [0.15, 0.2) is 58.0 Å². The zero-order chi connectivity index (χ0) is 19.3. The van der Waals surface area contributed by atoms with Gasteiger partial charge in [-0.05, 0) is 42.8 Å². The summed E-state index contributed by atoms with van der Waals surface area (Å²) in [7, 11) is 2.13. The van der Waals surface area contributed by atoms with Crippen molar-refractivity contribution >= 4 is 33.7 Å². The topological polar surface area (TPSA) is 54.0 Å². The van der Waals surface area contributed by atoms with Gasteiger partial charge in [0.05, 0.1) is 10.4 Å². The van der Waals surface area contributed by atoms with E-state index in [-0.39, 0.29) is 5.63 Å². The molecule has 6 nitrogen and oxygen atoms in total. The smallest absolute Gasteiger partial charge is 0.344 e. The Morgan fingerprint density at radius 3 is 2.71 bits per heavy atom. The van der Waals surface area contributed by atoms with E-state index in [2.05, 4.69) is 27.9 Å². The third kappa shape index (κ3) is 2.95. The zero-order valence-corrected chi connectivity index (χ0v) is 16.2. The molecule has 0 amide bonds. The van der Waals surface area contributed by atoms with Gasteiger partial charge < -0.3 is 18.6 Å². The van der Waals surface area contributed by atoms with Crippen molar-refractivity contribution in [3.05, 3.63) is 64.2 Å². The molecule has 5 rings (SSSR count). The minimum Gasteiger partial charge on any atom is -0.421 e. The minimum absolute atomic E-state index is 0.355. The van der Waals surface area contributed by atoms with E-state index in [1.54, 1.807) is 6.07 Å². The van der Waals surface area contributed by atoms with Gasteiger partial charge in [0, 0.05) is 44.3 Å². The maximum absolute atomic E-state index is 12.7. The number of piperazine rings is 1. The number of aromatic nitrogens is 2. The molecule has 1 aromatic carbocycles. The number of hydrogen-bond donors (Lipinski definition) is 0. The van der Waals surface area contributed by atoms with E-state index >= 15 is 0 Å². The number of benzene rings is 1. The van der Waals surface area contributed by atoms with Crippen LogP contribution in [0.4, 0.5) is 5.69 Å². The van der Waals surface area contributed by atoms with Crippen LogP contribution in [0.2, 0.25) is 5.02 Å². The molecule has 0 spiro atoms. The summed E-state index contributed by atoms with van der Waals surface area (Å²) in [6.07, 6.45) is 3.67. The minimum atomic E-state index is -0.355. The summed E-state index contributed by atoms with van der Waals surface area (Å²) in [6, 6.07) is 11.5. The average Bonchev–Trinajstić information content (AvgIpc) is 3.14. The van der Waals surface area contributed by atoms with Gasteiger partial charge in [-0.3, -0.25) is 0 Å². The highest BCUT2D eigenvalue weighted by molar-refractivity contribution is 6.33. The number of anilines is 1. The van der Waals surface area contributed by atoms with E-state index in [9.17, 15) is 4.79 Å². The van der Waals surface area contributed by atoms with Crippen molar-refractivity contribution in [1.82, 2.24) is 14.3 Å². The maximum atomic E-state index is 12.7. The molecule has 1 aliphatic rings. The monoisotopic (exact) mass is 394 g/mol. The third-order valence-corrected chi connectivity index (χ3v) is 5.60. The maximum Gasteiger partial charge on any atom is 0.344 e. The summed E-state index contributed by atoms with van der Waals surface area (Å²) < 4.78 is 7.42. The zero-order valence-electron chi connectivity index (χ0n) is 15.4. The van der Waals surface area contributed by atoms with Crippen molar-refractivity contribution in [3.63, 3.8) is 0 Å². The summed E-state index contributed by atoms with van der Waals surface area (Å²) >= 11 is 6.20. The van der Waals surface area contributed by atoms with Crippen LogP contribution in [0.3, 0.4) is 0 Å². The number of imidazole rings is 1. The van der Waals surface area contributed by atoms with Crippen molar-refractivity contribution < 1.29 is 4.42 Å². The SMILES string of the molecule is CN1CCN(c2ccc3cc(-c4cn5cccc(Cl)c5n4)oc(=O)c3c2)CC1. The highest BCUT2D eigenvalue weighted by Crippen LogP contribution is 2.27. The number of rotatable bonds is 2. The lowest BCUT2D eigenvalue weighted by Gasteiger charge is -2.34. The van der Waals surface area contributed by atoms with Crippen molar-refractivity contribution in [2.75, 3.05) is 38.1 Å². The predicted molar refractivity (Wildman–Crippen MR) is 111 cm³/mol. The summed E-state index contributed by atoms with van der Waals surface area (Å²) in [4.78, 5) is 21.8. The van der Waals surface area contributed by atoms with Crippen LogP contribution in [0.25, 0.3) is 27.9 Å². The molecule has 0 saturated carbocycles. The first kappa shape index (κ1) is 17.3. The number of halogens is 1. The first-order valence-corrected chi connectivity index (χ1v) is 9.61. The molecule has 1 aliphatic heterocycles. The van der Waals surface area contributed by atoms with Gasteiger partial charge in [-0.2, -0.15) is 0 Å². The molecule has 4 aromatic rings. The lowest BCUT2D eigenvalue weighted by molar-refractivity contribution is 0.313. The molecule has 3 aromatic heterocycles. The Morgan fingerprint density at radius 1 is 1.11 bits per heavy atom. The van der Waals surface area contributed by atoms with E-state index in [1.807, 2.05) is 41.1 Å². The fourth-order valence-corrected chi connectivity index (χ4v) is 3.87. The van der Waals surface area contributed by atoms with Gasteiger partial charge >= 0.3 is 5.63 Å². The van der Waals surface area contributed by atoms with Crippen LogP contribution in [-0.2, 0) is 0 Å². The third-order valence-electron chi connectivity index (χ3n) is 5.30. The second-order valence-corrected chi connectivity index (χ2v) is 7.58. The van der Waals surface area contributed by atoms with Gasteiger partial charge in [0.15, 0.2) is 11.4 Å². The van der Waals surface area contributed by atoms with Gasteiger partial charge in [-0.15, -0.1) is 0 Å². The fraction of sp³-hybridized carbons (Fsp3) is 0.238. The predicted octanol–water partition coefficient (Wildman–Crippen LogP) is 3.51. The van der Waals surface area contributed by atoms with E-state index < -0.39 is 0 Å². The Hall–Kier alpha value is -2.83. The van der Waals surface area contributed by atoms with Crippen molar-refractivity contribution in [1.29, 1.82) is 0 Å². The number of pyridine rings is 1. The Balaban J connectivity index is 1.56. The first-order valence-electron chi connectivity index (χ1n) is 9.23. The molecular weight excluding hydrogens is 376 g/mol. The van der Waals surface area contributed by atoms with Crippen molar-refractivity contribution in [2.45, 2.75) is 0 Å². The summed E-state index contributed by atoms with van der Waals surface area (Å²) in [5, 5.41) is 1.97. The molecule has 1 saturated heterocycles. The molecule has 28 heavy (non-hydrogen) atoms. The van der Waals surface area contributed by atoms with E-state index in [0.717, 1.165) is 37.3 Å². The normalized spacial score (nSPS) is 15.6. The summed E-state index contributed by atoms with van der Waals surface area (Å²) in [5.74, 6) is 0.435. The van der Waals surface area contributed by atoms with Gasteiger partial charge in [-0.1, -0.05) is 17.7 Å². The summed E-state index contributed by atoms with van der Waals surface area (Å²) in [5.41, 5.74) is 1.91. The lowest BCUT2D eigenvalue weighted by Crippen LogP contribution is -2.44. The van der Waals surface area contributed by atoms with Gasteiger partial charge in [0.25, 0.3) is 0 Å². The molecule has 0 N–H and O–H groups in total. The van der Waals surface area contributed by atoms with Gasteiger partial charge in [0.1, 0.15) is 5.69 Å². The lowest BCUT2D eigenvalue weighted by atomic mass is 10.1. The number of likely N-dealkylation sites (N-methyl/N-ethyl adjacent to an activating group) is 1. The average molecular weight is 395 g/mol. The van der Waals surface area contributed by atoms with Gasteiger partial charge in [0.2, 0.25) is 0 Å². The second-order valence-electron chi connectivity index (χ2n) is 7.17. The molecule has 4 heterocycles. The molecule has 0 aliphatic carbocycles. The highest BCUT2D eigenvalue weighted by atomic mass is 35.5. The molecular formula is C21H19ClN4O2. The Morgan fingerprint density at radius 2 is 1.93 bits per heavy atom. The number of hydrogen-bond acceptors (Lipinski definition) is 5. The molecule has 7 heteroatoms. The van der Waals surface area contributed by atoms with E-state index in [4.69, 9.17) is 16.0 Å². The van der Waals surface area contributed by atoms with Crippen LogP contribution < -0.4 is 10.5 Å². The van der Waals surface area contributed by atoms with Crippen molar-refractivity contribution in [2.24, 2.45) is 0 Å². The van der Waals surface area contributed by atoms with Crippen LogP contribution in [0.1, 0.15) is 0 Å². The highest BCUT2D eigenvalue weighted by Gasteiger charge is 2.16. The largest absolute Gasteiger partial charge is 0.421 e. The Bertz CT molecular complexity index is 1240. The van der Waals surface area contributed by atoms with Gasteiger partial charge in [-0.25, -0.2) is 9.78 Å². The fourth-order valence-electron chi connectivity index (χ4n) is 3.66. The van der Waals surface area contributed by atoms with E-state index in [0.29, 0.717) is 27.5 Å². The van der Waals surface area contributed by atoms with Crippen LogP contribution in [0, 0.1) is 0 Å². The van der Waals surface area contributed by atoms with Crippen LogP contribution in [0.5, 0.6) is 0 Å². The molecule has 0 bridgehead atoms. The van der Waals surface area contributed by atoms with Crippen LogP contribution in [-0.4, -0.2) is 47.5 Å². The Kier molecular flexibility index (Phi) is 4.10. The molecule has 1 fully saturated rings. The quantitative estimate of drug-likeness (QED) is 0.520. The van der Waals surface area contributed by atoms with Crippen LogP contribution >= 0.6 is 11.6 Å². The number of fused-ring (bicyclic) bond motifs is 2. The van der Waals surface area contributed by atoms with E-state index in [1.165, 1.54) is 0 Å². The molecule has 0 unspecified atom stereocenters. The second kappa shape index (κ2) is 6.65. The Labute approximate surface area is 166 Å². The standard InChI is InChI=1S/C21H19ClN4O2/c1-24-7-9-25(10-8-24)15-5-4-14-11-19(28-21(27)16(14)12-15)18-13-26-6-2-3-17(22)20(26)23-18/h2-6,11-13H,7-10H2,1H3. The molecule has 142 valence electrons. The van der Waals surface area contributed by atoms with Crippen molar-refractivity contribution in [3.8, 4) is 11.5 Å². The first-order chi connectivity index (χ1) is 13.6. The molecule has 0 atom stereocenters. The number of nitrogens with zero attached hydrogens (tertiary/aromatic N) is 4. The molecule has 0 radical (unpaired) electrons.